The molecule has 1 aliphatic heterocycles. The standard InChI is InChI=1S/C19H22N2O2S2.ClH/c1-13-3-6-15(20)11-17(13)21-18(22)12-23-16-7-4-14(5-8-16)19-24-9-2-10-25-19;/h3-8,11,19H,2,9-10,12,20H2,1H3,(H,21,22);1H. The van der Waals surface area contributed by atoms with Gasteiger partial charge in [-0.1, -0.05) is 18.2 Å². The van der Waals surface area contributed by atoms with E-state index in [0.717, 1.165) is 11.3 Å². The van der Waals surface area contributed by atoms with Crippen molar-refractivity contribution in [1.29, 1.82) is 0 Å². The summed E-state index contributed by atoms with van der Waals surface area (Å²) in [7, 11) is 0. The van der Waals surface area contributed by atoms with E-state index in [0.29, 0.717) is 16.0 Å². The number of amides is 1. The van der Waals surface area contributed by atoms with Crippen molar-refractivity contribution in [2.24, 2.45) is 0 Å². The first-order chi connectivity index (χ1) is 12.1. The van der Waals surface area contributed by atoms with Crippen LogP contribution in [0.2, 0.25) is 0 Å². The van der Waals surface area contributed by atoms with Crippen molar-refractivity contribution < 1.29 is 9.53 Å². The molecule has 2 aromatic carbocycles. The maximum absolute atomic E-state index is 12.1. The Labute approximate surface area is 169 Å². The predicted octanol–water partition coefficient (Wildman–Crippen LogP) is 4.89. The Balaban J connectivity index is 0.00000243. The van der Waals surface area contributed by atoms with Crippen LogP contribution in [0, 0.1) is 6.92 Å². The highest BCUT2D eigenvalue weighted by Gasteiger charge is 2.16. The third-order valence-corrected chi connectivity index (χ3v) is 6.90. The zero-order valence-electron chi connectivity index (χ0n) is 14.6. The van der Waals surface area contributed by atoms with E-state index in [9.17, 15) is 4.79 Å². The summed E-state index contributed by atoms with van der Waals surface area (Å²) in [5, 5.41) is 2.83. The molecule has 1 saturated heterocycles. The molecule has 3 N–H and O–H groups in total. The second kappa shape index (κ2) is 10.00. The summed E-state index contributed by atoms with van der Waals surface area (Å²) in [6, 6.07) is 13.5. The van der Waals surface area contributed by atoms with Gasteiger partial charge in [-0.3, -0.25) is 4.79 Å². The average Bonchev–Trinajstić information content (AvgIpc) is 2.64. The van der Waals surface area contributed by atoms with Gasteiger partial charge in [0.2, 0.25) is 0 Å². The lowest BCUT2D eigenvalue weighted by molar-refractivity contribution is -0.118. The van der Waals surface area contributed by atoms with Crippen molar-refractivity contribution in [2.45, 2.75) is 17.9 Å². The third-order valence-electron chi connectivity index (χ3n) is 3.89. The summed E-state index contributed by atoms with van der Waals surface area (Å²) in [6.45, 7) is 1.90. The molecule has 26 heavy (non-hydrogen) atoms. The Kier molecular flexibility index (Phi) is 8.00. The van der Waals surface area contributed by atoms with Crippen LogP contribution in [0.3, 0.4) is 0 Å². The Hall–Kier alpha value is -1.50. The van der Waals surface area contributed by atoms with Crippen molar-refractivity contribution in [3.8, 4) is 5.75 Å². The quantitative estimate of drug-likeness (QED) is 0.687. The fraction of sp³-hybridized carbons (Fsp3) is 0.316. The monoisotopic (exact) mass is 410 g/mol. The minimum absolute atomic E-state index is 0. The molecule has 1 aliphatic rings. The molecule has 7 heteroatoms. The molecule has 0 bridgehead atoms. The molecule has 0 radical (unpaired) electrons. The van der Waals surface area contributed by atoms with Gasteiger partial charge < -0.3 is 15.8 Å². The van der Waals surface area contributed by atoms with Gasteiger partial charge in [0.15, 0.2) is 6.61 Å². The number of thioether (sulfide) groups is 2. The molecule has 2 aromatic rings. The van der Waals surface area contributed by atoms with Gasteiger partial charge in [0.25, 0.3) is 5.91 Å². The topological polar surface area (TPSA) is 64.3 Å². The van der Waals surface area contributed by atoms with Crippen LogP contribution < -0.4 is 15.8 Å². The minimum atomic E-state index is -0.198. The zero-order valence-corrected chi connectivity index (χ0v) is 17.0. The van der Waals surface area contributed by atoms with Crippen LogP contribution in [-0.2, 0) is 4.79 Å². The maximum Gasteiger partial charge on any atom is 0.262 e. The van der Waals surface area contributed by atoms with E-state index >= 15 is 0 Å². The van der Waals surface area contributed by atoms with Crippen molar-refractivity contribution in [3.05, 3.63) is 53.6 Å². The highest BCUT2D eigenvalue weighted by Crippen LogP contribution is 2.43. The number of hydrogen-bond donors (Lipinski definition) is 2. The van der Waals surface area contributed by atoms with Crippen LogP contribution in [0.15, 0.2) is 42.5 Å². The largest absolute Gasteiger partial charge is 0.484 e. The molecule has 0 unspecified atom stereocenters. The van der Waals surface area contributed by atoms with Gasteiger partial charge in [0.1, 0.15) is 5.75 Å². The van der Waals surface area contributed by atoms with Gasteiger partial charge in [-0.2, -0.15) is 0 Å². The minimum Gasteiger partial charge on any atom is -0.484 e. The zero-order chi connectivity index (χ0) is 17.6. The van der Waals surface area contributed by atoms with E-state index in [1.165, 1.54) is 23.5 Å². The highest BCUT2D eigenvalue weighted by atomic mass is 35.5. The Morgan fingerprint density at radius 1 is 1.19 bits per heavy atom. The molecule has 4 nitrogen and oxygen atoms in total. The molecule has 140 valence electrons. The highest BCUT2D eigenvalue weighted by molar-refractivity contribution is 8.16. The van der Waals surface area contributed by atoms with E-state index in [4.69, 9.17) is 10.5 Å². The third kappa shape index (κ3) is 5.76. The maximum atomic E-state index is 12.1. The number of carbonyl (C=O) groups excluding carboxylic acids is 1. The summed E-state index contributed by atoms with van der Waals surface area (Å²) >= 11 is 3.98. The van der Waals surface area contributed by atoms with E-state index in [-0.39, 0.29) is 24.9 Å². The molecule has 0 aromatic heterocycles. The van der Waals surface area contributed by atoms with Crippen molar-refractivity contribution in [2.75, 3.05) is 29.2 Å². The molecule has 1 fully saturated rings. The molecule has 3 rings (SSSR count). The van der Waals surface area contributed by atoms with E-state index < -0.39 is 0 Å². The molecule has 1 heterocycles. The molecule has 0 saturated carbocycles. The van der Waals surface area contributed by atoms with E-state index in [1.54, 1.807) is 6.07 Å². The number of benzene rings is 2. The summed E-state index contributed by atoms with van der Waals surface area (Å²) in [5.74, 6) is 2.95. The second-order valence-corrected chi connectivity index (χ2v) is 8.63. The van der Waals surface area contributed by atoms with E-state index in [1.807, 2.05) is 54.7 Å². The SMILES string of the molecule is Cc1ccc(N)cc1NC(=O)COc1ccc(C2SCCCS2)cc1.Cl. The lowest BCUT2D eigenvalue weighted by Crippen LogP contribution is -2.20. The summed E-state index contributed by atoms with van der Waals surface area (Å²) in [6.07, 6.45) is 1.29. The fourth-order valence-corrected chi connectivity index (χ4v) is 5.41. The number of nitrogens with two attached hydrogens (primary N) is 1. The predicted molar refractivity (Wildman–Crippen MR) is 116 cm³/mol. The van der Waals surface area contributed by atoms with Crippen LogP contribution >= 0.6 is 35.9 Å². The van der Waals surface area contributed by atoms with Gasteiger partial charge in [-0.25, -0.2) is 0 Å². The number of carbonyl (C=O) groups is 1. The van der Waals surface area contributed by atoms with E-state index in [2.05, 4.69) is 17.4 Å². The second-order valence-electron chi connectivity index (χ2n) is 5.91. The molecular formula is C19H23ClN2O2S2. The van der Waals surface area contributed by atoms with Gasteiger partial charge in [0, 0.05) is 11.4 Å². The van der Waals surface area contributed by atoms with Crippen molar-refractivity contribution in [3.63, 3.8) is 0 Å². The number of aryl methyl sites for hydroxylation is 1. The molecule has 1 amide bonds. The van der Waals surface area contributed by atoms with Crippen LogP contribution in [0.4, 0.5) is 11.4 Å². The molecule has 0 spiro atoms. The molecular weight excluding hydrogens is 388 g/mol. The Morgan fingerprint density at radius 2 is 1.88 bits per heavy atom. The average molecular weight is 411 g/mol. The van der Waals surface area contributed by atoms with Gasteiger partial charge >= 0.3 is 0 Å². The van der Waals surface area contributed by atoms with Crippen LogP contribution in [0.1, 0.15) is 22.1 Å². The van der Waals surface area contributed by atoms with Crippen LogP contribution in [0.25, 0.3) is 0 Å². The Morgan fingerprint density at radius 3 is 2.58 bits per heavy atom. The summed E-state index contributed by atoms with van der Waals surface area (Å²) in [4.78, 5) is 12.1. The number of ether oxygens (including phenoxy) is 1. The van der Waals surface area contributed by atoms with Crippen molar-refractivity contribution in [1.82, 2.24) is 0 Å². The van der Waals surface area contributed by atoms with Crippen LogP contribution in [0.5, 0.6) is 5.75 Å². The molecule has 0 aliphatic carbocycles. The Bertz CT molecular complexity index is 735. The fourth-order valence-electron chi connectivity index (χ4n) is 2.51. The van der Waals surface area contributed by atoms with Gasteiger partial charge in [0.05, 0.1) is 4.58 Å². The number of nitrogen functional groups attached to an aromatic ring is 1. The lowest BCUT2D eigenvalue weighted by Gasteiger charge is -2.21. The van der Waals surface area contributed by atoms with Crippen molar-refractivity contribution >= 4 is 53.2 Å². The smallest absolute Gasteiger partial charge is 0.262 e. The summed E-state index contributed by atoms with van der Waals surface area (Å²) in [5.41, 5.74) is 9.37. The van der Waals surface area contributed by atoms with Gasteiger partial charge in [-0.05, 0) is 60.2 Å². The first kappa shape index (κ1) is 20.8. The van der Waals surface area contributed by atoms with Crippen LogP contribution in [-0.4, -0.2) is 24.0 Å². The summed E-state index contributed by atoms with van der Waals surface area (Å²) < 4.78 is 6.11. The number of rotatable bonds is 5. The first-order valence-electron chi connectivity index (χ1n) is 8.24. The van der Waals surface area contributed by atoms with Gasteiger partial charge in [-0.15, -0.1) is 35.9 Å². The first-order valence-corrected chi connectivity index (χ1v) is 10.3. The number of anilines is 2. The number of hydrogen-bond acceptors (Lipinski definition) is 5. The number of halogens is 1. The number of nitrogens with one attached hydrogen (secondary N) is 1. The normalized spacial score (nSPS) is 14.3. The lowest BCUT2D eigenvalue weighted by atomic mass is 10.2. The molecule has 0 atom stereocenters.